The fraction of sp³-hybridized carbons (Fsp3) is 0.438. The van der Waals surface area contributed by atoms with Crippen molar-refractivity contribution in [2.45, 2.75) is 26.2 Å². The topological polar surface area (TPSA) is 42.2 Å². The maximum Gasteiger partial charge on any atom is 0.0632 e. The first-order valence-electron chi connectivity index (χ1n) is 7.16. The van der Waals surface area contributed by atoms with Crippen molar-refractivity contribution in [1.82, 2.24) is 4.98 Å². The number of hydrogen-bond acceptors (Lipinski definition) is 3. The van der Waals surface area contributed by atoms with Crippen LogP contribution in [0.15, 0.2) is 30.6 Å². The van der Waals surface area contributed by atoms with Gasteiger partial charge in [0.2, 0.25) is 0 Å². The smallest absolute Gasteiger partial charge is 0.0632 e. The number of nitrogen functional groups attached to an aromatic ring is 1. The van der Waals surface area contributed by atoms with Gasteiger partial charge in [0, 0.05) is 36.3 Å². The third kappa shape index (κ3) is 2.25. The van der Waals surface area contributed by atoms with Crippen LogP contribution in [0.1, 0.15) is 26.2 Å². The van der Waals surface area contributed by atoms with Gasteiger partial charge in [-0.15, -0.1) is 0 Å². The lowest BCUT2D eigenvalue weighted by molar-refractivity contribution is 0.318. The Bertz CT molecular complexity index is 575. The number of nitrogens with zero attached hydrogens (tertiary/aromatic N) is 2. The first kappa shape index (κ1) is 12.3. The summed E-state index contributed by atoms with van der Waals surface area (Å²) in [5.74, 6) is 0.854. The van der Waals surface area contributed by atoms with Crippen molar-refractivity contribution in [3.05, 3.63) is 30.6 Å². The first-order valence-corrected chi connectivity index (χ1v) is 7.16. The van der Waals surface area contributed by atoms with Crippen molar-refractivity contribution in [3.63, 3.8) is 0 Å². The molecule has 0 amide bonds. The summed E-state index contributed by atoms with van der Waals surface area (Å²) in [7, 11) is 0. The first-order chi connectivity index (χ1) is 9.29. The third-order valence-electron chi connectivity index (χ3n) is 4.26. The summed E-state index contributed by atoms with van der Waals surface area (Å²) < 4.78 is 0. The number of rotatable bonds is 4. The van der Waals surface area contributed by atoms with E-state index in [1.165, 1.54) is 24.9 Å². The molecular weight excluding hydrogens is 234 g/mol. The Morgan fingerprint density at radius 2 is 2.16 bits per heavy atom. The maximum atomic E-state index is 6.36. The predicted octanol–water partition coefficient (Wildman–Crippen LogP) is 3.44. The number of benzene rings is 1. The third-order valence-corrected chi connectivity index (χ3v) is 4.26. The van der Waals surface area contributed by atoms with E-state index in [0.29, 0.717) is 0 Å². The van der Waals surface area contributed by atoms with Gasteiger partial charge in [0.25, 0.3) is 0 Å². The van der Waals surface area contributed by atoms with E-state index in [1.54, 1.807) is 0 Å². The average Bonchev–Trinajstić information content (AvgIpc) is 2.40. The molecule has 1 aliphatic carbocycles. The number of fused-ring (bicyclic) bond motifs is 1. The van der Waals surface area contributed by atoms with Crippen molar-refractivity contribution in [2.24, 2.45) is 5.92 Å². The molecule has 2 aromatic rings. The zero-order valence-electron chi connectivity index (χ0n) is 11.5. The van der Waals surface area contributed by atoms with E-state index in [9.17, 15) is 0 Å². The van der Waals surface area contributed by atoms with Gasteiger partial charge in [0.05, 0.1) is 11.4 Å². The molecule has 3 heteroatoms. The quantitative estimate of drug-likeness (QED) is 0.851. The monoisotopic (exact) mass is 255 g/mol. The Labute approximate surface area is 114 Å². The van der Waals surface area contributed by atoms with Gasteiger partial charge in [0.15, 0.2) is 0 Å². The molecule has 0 aliphatic heterocycles. The van der Waals surface area contributed by atoms with E-state index >= 15 is 0 Å². The molecule has 19 heavy (non-hydrogen) atoms. The van der Waals surface area contributed by atoms with Gasteiger partial charge in [-0.3, -0.25) is 4.98 Å². The van der Waals surface area contributed by atoms with E-state index in [0.717, 1.165) is 35.5 Å². The molecule has 1 aromatic heterocycles. The van der Waals surface area contributed by atoms with Crippen molar-refractivity contribution in [3.8, 4) is 0 Å². The van der Waals surface area contributed by atoms with Crippen LogP contribution in [0.3, 0.4) is 0 Å². The lowest BCUT2D eigenvalue weighted by atomic mass is 9.85. The minimum Gasteiger partial charge on any atom is -0.397 e. The van der Waals surface area contributed by atoms with E-state index in [1.807, 2.05) is 18.5 Å². The molecule has 0 bridgehead atoms. The van der Waals surface area contributed by atoms with Crippen LogP contribution < -0.4 is 10.6 Å². The maximum absolute atomic E-state index is 6.36. The highest BCUT2D eigenvalue weighted by Gasteiger charge is 2.21. The Balaban J connectivity index is 1.95. The molecule has 1 fully saturated rings. The summed E-state index contributed by atoms with van der Waals surface area (Å²) in [6.45, 7) is 4.35. The highest BCUT2D eigenvalue weighted by Crippen LogP contribution is 2.34. The number of anilines is 2. The normalized spacial score (nSPS) is 15.4. The van der Waals surface area contributed by atoms with Gasteiger partial charge in [-0.1, -0.05) is 12.5 Å². The molecule has 3 nitrogen and oxygen atoms in total. The van der Waals surface area contributed by atoms with Crippen molar-refractivity contribution in [2.75, 3.05) is 23.7 Å². The molecule has 1 saturated carbocycles. The standard InChI is InChI=1S/C16H21N3/c1-2-19(11-12-4-3-5-12)15-7-6-13-10-18-9-8-14(13)16(15)17/h6-10,12H,2-5,11,17H2,1H3. The molecule has 3 rings (SSSR count). The molecule has 0 radical (unpaired) electrons. The second-order valence-electron chi connectivity index (χ2n) is 5.43. The number of aromatic nitrogens is 1. The largest absolute Gasteiger partial charge is 0.397 e. The highest BCUT2D eigenvalue weighted by molar-refractivity contribution is 5.98. The summed E-state index contributed by atoms with van der Waals surface area (Å²) in [5, 5.41) is 2.23. The average molecular weight is 255 g/mol. The summed E-state index contributed by atoms with van der Waals surface area (Å²) in [6.07, 6.45) is 7.81. The molecule has 0 saturated heterocycles. The van der Waals surface area contributed by atoms with Crippen LogP contribution in [-0.4, -0.2) is 18.1 Å². The van der Waals surface area contributed by atoms with Crippen molar-refractivity contribution < 1.29 is 0 Å². The van der Waals surface area contributed by atoms with Crippen molar-refractivity contribution in [1.29, 1.82) is 0 Å². The van der Waals surface area contributed by atoms with Crippen LogP contribution in [0, 0.1) is 5.92 Å². The zero-order chi connectivity index (χ0) is 13.2. The second-order valence-corrected chi connectivity index (χ2v) is 5.43. The molecule has 0 spiro atoms. The van der Waals surface area contributed by atoms with Gasteiger partial charge >= 0.3 is 0 Å². The van der Waals surface area contributed by atoms with Crippen LogP contribution in [0.5, 0.6) is 0 Å². The molecule has 1 aliphatic rings. The number of nitrogens with two attached hydrogens (primary N) is 1. The van der Waals surface area contributed by atoms with Crippen LogP contribution in [0.2, 0.25) is 0 Å². The molecule has 1 aromatic carbocycles. The summed E-state index contributed by atoms with van der Waals surface area (Å²) in [6, 6.07) is 6.27. The van der Waals surface area contributed by atoms with Crippen molar-refractivity contribution >= 4 is 22.1 Å². The number of hydrogen-bond donors (Lipinski definition) is 1. The molecular formula is C16H21N3. The van der Waals surface area contributed by atoms with Gasteiger partial charge in [-0.2, -0.15) is 0 Å². The van der Waals surface area contributed by atoms with Gasteiger partial charge in [-0.05, 0) is 37.8 Å². The molecule has 0 unspecified atom stereocenters. The Morgan fingerprint density at radius 3 is 2.84 bits per heavy atom. The number of pyridine rings is 1. The Morgan fingerprint density at radius 1 is 1.32 bits per heavy atom. The molecule has 100 valence electrons. The van der Waals surface area contributed by atoms with Gasteiger partial charge in [-0.25, -0.2) is 0 Å². The van der Waals surface area contributed by atoms with Crippen LogP contribution in [0.4, 0.5) is 11.4 Å². The van der Waals surface area contributed by atoms with Gasteiger partial charge in [0.1, 0.15) is 0 Å². The summed E-state index contributed by atoms with van der Waals surface area (Å²) >= 11 is 0. The molecule has 0 atom stereocenters. The van der Waals surface area contributed by atoms with Crippen LogP contribution in [0.25, 0.3) is 10.8 Å². The minimum absolute atomic E-state index is 0.854. The van der Waals surface area contributed by atoms with E-state index < -0.39 is 0 Å². The van der Waals surface area contributed by atoms with Gasteiger partial charge < -0.3 is 10.6 Å². The van der Waals surface area contributed by atoms with Crippen LogP contribution >= 0.6 is 0 Å². The molecule has 1 heterocycles. The Kier molecular flexibility index (Phi) is 3.28. The van der Waals surface area contributed by atoms with Crippen LogP contribution in [-0.2, 0) is 0 Å². The fourth-order valence-corrected chi connectivity index (χ4v) is 2.84. The zero-order valence-corrected chi connectivity index (χ0v) is 11.5. The van der Waals surface area contributed by atoms with E-state index in [-0.39, 0.29) is 0 Å². The van der Waals surface area contributed by atoms with E-state index in [2.05, 4.69) is 28.9 Å². The minimum atomic E-state index is 0.854. The highest BCUT2D eigenvalue weighted by atomic mass is 15.1. The fourth-order valence-electron chi connectivity index (χ4n) is 2.84. The lowest BCUT2D eigenvalue weighted by Crippen LogP contribution is -2.32. The Hall–Kier alpha value is -1.77. The predicted molar refractivity (Wildman–Crippen MR) is 81.4 cm³/mol. The SMILES string of the molecule is CCN(CC1CCC1)c1ccc2cnccc2c1N. The summed E-state index contributed by atoms with van der Waals surface area (Å²) in [4.78, 5) is 6.57. The summed E-state index contributed by atoms with van der Waals surface area (Å²) in [5.41, 5.74) is 8.43. The second kappa shape index (κ2) is 5.08. The van der Waals surface area contributed by atoms with E-state index in [4.69, 9.17) is 5.73 Å². The molecule has 2 N–H and O–H groups in total. The lowest BCUT2D eigenvalue weighted by Gasteiger charge is -2.34.